The summed E-state index contributed by atoms with van der Waals surface area (Å²) in [5.41, 5.74) is 0. The minimum atomic E-state index is 0.944. The highest BCUT2D eigenvalue weighted by Gasteiger charge is 2.50. The van der Waals surface area contributed by atoms with Crippen LogP contribution < -0.4 is 0 Å². The maximum Gasteiger partial charge on any atom is 0.0129 e. The van der Waals surface area contributed by atoms with E-state index in [1.54, 1.807) is 0 Å². The van der Waals surface area contributed by atoms with Crippen molar-refractivity contribution in [2.45, 2.75) is 39.7 Å². The summed E-state index contributed by atoms with van der Waals surface area (Å²) >= 11 is 0. The highest BCUT2D eigenvalue weighted by Crippen LogP contribution is 2.51. The largest absolute Gasteiger partial charge is 0.300 e. The Morgan fingerprint density at radius 2 is 1.92 bits per heavy atom. The standard InChI is InChI=1S/C11H21N/c1-4-12-7-5-6-10(12)11-8(2)9(11)3/h8-11H,4-7H2,1-3H3. The van der Waals surface area contributed by atoms with E-state index in [2.05, 4.69) is 25.7 Å². The molecule has 3 unspecified atom stereocenters. The Labute approximate surface area is 76.1 Å². The maximum absolute atomic E-state index is 2.69. The maximum atomic E-state index is 2.69. The van der Waals surface area contributed by atoms with Gasteiger partial charge in [-0.15, -0.1) is 0 Å². The van der Waals surface area contributed by atoms with Crippen molar-refractivity contribution in [2.75, 3.05) is 13.1 Å². The minimum absolute atomic E-state index is 0.944. The average Bonchev–Trinajstić information content (AvgIpc) is 2.56. The molecule has 0 aromatic heterocycles. The molecule has 1 heteroatoms. The van der Waals surface area contributed by atoms with E-state index in [1.165, 1.54) is 25.9 Å². The molecule has 0 bridgehead atoms. The van der Waals surface area contributed by atoms with E-state index in [0.717, 1.165) is 23.8 Å². The van der Waals surface area contributed by atoms with Crippen molar-refractivity contribution in [2.24, 2.45) is 17.8 Å². The topological polar surface area (TPSA) is 3.24 Å². The number of hydrogen-bond donors (Lipinski definition) is 0. The van der Waals surface area contributed by atoms with Gasteiger partial charge in [0.1, 0.15) is 0 Å². The number of likely N-dealkylation sites (tertiary alicyclic amines) is 1. The van der Waals surface area contributed by atoms with Crippen LogP contribution in [0, 0.1) is 17.8 Å². The molecular formula is C11H21N. The fraction of sp³-hybridized carbons (Fsp3) is 1.00. The molecular weight excluding hydrogens is 146 g/mol. The smallest absolute Gasteiger partial charge is 0.0129 e. The average molecular weight is 167 g/mol. The van der Waals surface area contributed by atoms with Crippen LogP contribution in [0.1, 0.15) is 33.6 Å². The molecule has 0 radical (unpaired) electrons. The monoisotopic (exact) mass is 167 g/mol. The van der Waals surface area contributed by atoms with Gasteiger partial charge in [0.05, 0.1) is 0 Å². The second kappa shape index (κ2) is 3.02. The van der Waals surface area contributed by atoms with E-state index in [1.807, 2.05) is 0 Å². The van der Waals surface area contributed by atoms with Gasteiger partial charge in [-0.05, 0) is 43.7 Å². The Bertz CT molecular complexity index is 158. The van der Waals surface area contributed by atoms with Gasteiger partial charge in [-0.25, -0.2) is 0 Å². The van der Waals surface area contributed by atoms with Crippen LogP contribution in [-0.4, -0.2) is 24.0 Å². The first-order chi connectivity index (χ1) is 5.75. The molecule has 1 nitrogen and oxygen atoms in total. The molecule has 2 fully saturated rings. The Balaban J connectivity index is 1.95. The highest BCUT2D eigenvalue weighted by atomic mass is 15.2. The molecule has 1 aliphatic heterocycles. The lowest BCUT2D eigenvalue weighted by Gasteiger charge is -2.22. The Kier molecular flexibility index (Phi) is 2.16. The number of nitrogens with zero attached hydrogens (tertiary/aromatic N) is 1. The minimum Gasteiger partial charge on any atom is -0.300 e. The summed E-state index contributed by atoms with van der Waals surface area (Å²) in [4.78, 5) is 2.69. The zero-order valence-corrected chi connectivity index (χ0v) is 8.59. The van der Waals surface area contributed by atoms with Gasteiger partial charge in [-0.2, -0.15) is 0 Å². The Morgan fingerprint density at radius 3 is 2.42 bits per heavy atom. The Morgan fingerprint density at radius 1 is 1.25 bits per heavy atom. The van der Waals surface area contributed by atoms with Gasteiger partial charge in [0.25, 0.3) is 0 Å². The summed E-state index contributed by atoms with van der Waals surface area (Å²) in [6.45, 7) is 9.76. The molecule has 0 aromatic carbocycles. The van der Waals surface area contributed by atoms with Gasteiger partial charge in [0.2, 0.25) is 0 Å². The molecule has 2 rings (SSSR count). The third-order valence-corrected chi connectivity index (χ3v) is 4.17. The van der Waals surface area contributed by atoms with Gasteiger partial charge in [0.15, 0.2) is 0 Å². The molecule has 70 valence electrons. The summed E-state index contributed by atoms with van der Waals surface area (Å²) in [5, 5.41) is 0. The van der Waals surface area contributed by atoms with E-state index in [4.69, 9.17) is 0 Å². The van der Waals surface area contributed by atoms with Gasteiger partial charge in [-0.3, -0.25) is 0 Å². The third-order valence-electron chi connectivity index (χ3n) is 4.17. The van der Waals surface area contributed by atoms with E-state index >= 15 is 0 Å². The summed E-state index contributed by atoms with van der Waals surface area (Å²) in [7, 11) is 0. The lowest BCUT2D eigenvalue weighted by atomic mass is 10.1. The zero-order chi connectivity index (χ0) is 8.72. The molecule has 0 spiro atoms. The number of rotatable bonds is 2. The molecule has 0 N–H and O–H groups in total. The molecule has 1 saturated carbocycles. The van der Waals surface area contributed by atoms with Gasteiger partial charge >= 0.3 is 0 Å². The fourth-order valence-corrected chi connectivity index (χ4v) is 3.08. The summed E-state index contributed by atoms with van der Waals surface area (Å²) in [5.74, 6) is 3.04. The summed E-state index contributed by atoms with van der Waals surface area (Å²) in [6.07, 6.45) is 2.90. The van der Waals surface area contributed by atoms with Crippen molar-refractivity contribution in [3.63, 3.8) is 0 Å². The van der Waals surface area contributed by atoms with Crippen molar-refractivity contribution in [1.29, 1.82) is 0 Å². The van der Waals surface area contributed by atoms with Crippen molar-refractivity contribution in [3.8, 4) is 0 Å². The molecule has 1 saturated heterocycles. The normalized spacial score (nSPS) is 48.2. The van der Waals surface area contributed by atoms with Crippen LogP contribution in [0.3, 0.4) is 0 Å². The van der Waals surface area contributed by atoms with Crippen LogP contribution in [0.4, 0.5) is 0 Å². The lowest BCUT2D eigenvalue weighted by Crippen LogP contribution is -2.31. The quantitative estimate of drug-likeness (QED) is 0.610. The van der Waals surface area contributed by atoms with Gasteiger partial charge in [-0.1, -0.05) is 20.8 Å². The molecule has 2 aliphatic rings. The SMILES string of the molecule is CCN1CCCC1C1C(C)C1C. The fourth-order valence-electron chi connectivity index (χ4n) is 3.08. The lowest BCUT2D eigenvalue weighted by molar-refractivity contribution is 0.234. The first-order valence-electron chi connectivity index (χ1n) is 5.49. The van der Waals surface area contributed by atoms with E-state index in [-0.39, 0.29) is 0 Å². The van der Waals surface area contributed by atoms with E-state index in [0.29, 0.717) is 0 Å². The van der Waals surface area contributed by atoms with Crippen molar-refractivity contribution in [3.05, 3.63) is 0 Å². The second-order valence-corrected chi connectivity index (χ2v) is 4.63. The van der Waals surface area contributed by atoms with Crippen molar-refractivity contribution < 1.29 is 0 Å². The van der Waals surface area contributed by atoms with Crippen LogP contribution in [0.15, 0.2) is 0 Å². The van der Waals surface area contributed by atoms with E-state index < -0.39 is 0 Å². The molecule has 1 heterocycles. The summed E-state index contributed by atoms with van der Waals surface area (Å²) < 4.78 is 0. The second-order valence-electron chi connectivity index (χ2n) is 4.63. The van der Waals surface area contributed by atoms with Crippen LogP contribution >= 0.6 is 0 Å². The molecule has 3 atom stereocenters. The van der Waals surface area contributed by atoms with Crippen LogP contribution in [0.2, 0.25) is 0 Å². The molecule has 0 amide bonds. The molecule has 12 heavy (non-hydrogen) atoms. The van der Waals surface area contributed by atoms with E-state index in [9.17, 15) is 0 Å². The van der Waals surface area contributed by atoms with Gasteiger partial charge in [0, 0.05) is 6.04 Å². The molecule has 0 aromatic rings. The first kappa shape index (κ1) is 8.55. The van der Waals surface area contributed by atoms with Crippen LogP contribution in [-0.2, 0) is 0 Å². The number of hydrogen-bond acceptors (Lipinski definition) is 1. The van der Waals surface area contributed by atoms with Gasteiger partial charge < -0.3 is 4.90 Å². The van der Waals surface area contributed by atoms with Crippen LogP contribution in [0.5, 0.6) is 0 Å². The van der Waals surface area contributed by atoms with Crippen molar-refractivity contribution in [1.82, 2.24) is 4.90 Å². The Hall–Kier alpha value is -0.0400. The summed E-state index contributed by atoms with van der Waals surface area (Å²) in [6, 6.07) is 0.944. The predicted molar refractivity (Wildman–Crippen MR) is 52.1 cm³/mol. The van der Waals surface area contributed by atoms with Crippen molar-refractivity contribution >= 4 is 0 Å². The first-order valence-corrected chi connectivity index (χ1v) is 5.49. The van der Waals surface area contributed by atoms with Crippen LogP contribution in [0.25, 0.3) is 0 Å². The molecule has 1 aliphatic carbocycles. The highest BCUT2D eigenvalue weighted by molar-refractivity contribution is 5.01. The zero-order valence-electron chi connectivity index (χ0n) is 8.59. The third kappa shape index (κ3) is 1.19. The predicted octanol–water partition coefficient (Wildman–Crippen LogP) is 2.37.